The van der Waals surface area contributed by atoms with E-state index in [1.165, 1.54) is 0 Å². The van der Waals surface area contributed by atoms with E-state index in [-0.39, 0.29) is 5.92 Å². The molecule has 3 heteroatoms. The highest BCUT2D eigenvalue weighted by molar-refractivity contribution is 6.36. The predicted octanol–water partition coefficient (Wildman–Crippen LogP) is 0.867. The van der Waals surface area contributed by atoms with E-state index in [0.29, 0.717) is 0 Å². The average molecular weight is 157 g/mol. The van der Waals surface area contributed by atoms with Crippen LogP contribution in [0.2, 0.25) is 0 Å². The molecule has 0 aliphatic heterocycles. The Bertz CT molecular complexity index is 154. The van der Waals surface area contributed by atoms with E-state index in [2.05, 4.69) is 0 Å². The zero-order valence-electron chi connectivity index (χ0n) is 7.09. The van der Waals surface area contributed by atoms with Crippen LogP contribution in [-0.4, -0.2) is 11.7 Å². The summed E-state index contributed by atoms with van der Waals surface area (Å²) in [5.74, 6) is -1.46. The second kappa shape index (κ2) is 4.88. The Kier molecular flexibility index (Phi) is 4.50. The molecule has 11 heavy (non-hydrogen) atoms. The van der Waals surface area contributed by atoms with Crippen molar-refractivity contribution < 1.29 is 9.59 Å². The van der Waals surface area contributed by atoms with Gasteiger partial charge in [-0.3, -0.25) is 9.59 Å². The van der Waals surface area contributed by atoms with Gasteiger partial charge in [0, 0.05) is 5.92 Å². The van der Waals surface area contributed by atoms with Gasteiger partial charge < -0.3 is 5.73 Å². The molecular formula is C8H15NO2. The third-order valence-corrected chi connectivity index (χ3v) is 1.68. The molecule has 0 aromatic rings. The maximum absolute atomic E-state index is 10.9. The van der Waals surface area contributed by atoms with E-state index >= 15 is 0 Å². The lowest BCUT2D eigenvalue weighted by atomic mass is 9.99. The number of ketones is 1. The summed E-state index contributed by atoms with van der Waals surface area (Å²) >= 11 is 0. The van der Waals surface area contributed by atoms with Crippen molar-refractivity contribution in [2.75, 3.05) is 0 Å². The predicted molar refractivity (Wildman–Crippen MR) is 42.9 cm³/mol. The fourth-order valence-electron chi connectivity index (χ4n) is 0.884. The van der Waals surface area contributed by atoms with E-state index < -0.39 is 11.7 Å². The normalized spacial score (nSPS) is 12.5. The first kappa shape index (κ1) is 10.1. The summed E-state index contributed by atoms with van der Waals surface area (Å²) in [4.78, 5) is 21.3. The van der Waals surface area contributed by atoms with Crippen molar-refractivity contribution in [3.8, 4) is 0 Å². The van der Waals surface area contributed by atoms with E-state index in [1.54, 1.807) is 6.92 Å². The van der Waals surface area contributed by atoms with Crippen LogP contribution in [0.5, 0.6) is 0 Å². The standard InChI is InChI=1S/C8H15NO2/c1-3-4-5-6(2)7(10)8(9)11/h6H,3-5H2,1-2H3,(H2,9,11). The Morgan fingerprint density at radius 2 is 2.00 bits per heavy atom. The van der Waals surface area contributed by atoms with Crippen LogP contribution in [0.1, 0.15) is 33.1 Å². The van der Waals surface area contributed by atoms with E-state index in [1.807, 2.05) is 6.92 Å². The number of hydrogen-bond acceptors (Lipinski definition) is 2. The first-order valence-corrected chi connectivity index (χ1v) is 3.93. The van der Waals surface area contributed by atoms with Gasteiger partial charge in [0.2, 0.25) is 5.78 Å². The number of Topliss-reactive ketones (excluding diaryl/α,β-unsaturated/α-hetero) is 1. The summed E-state index contributed by atoms with van der Waals surface area (Å²) in [5, 5.41) is 0. The number of rotatable bonds is 5. The molecule has 1 amide bonds. The molecule has 1 unspecified atom stereocenters. The Balaban J connectivity index is 3.73. The second-order valence-electron chi connectivity index (χ2n) is 2.77. The number of carbonyl (C=O) groups is 2. The summed E-state index contributed by atoms with van der Waals surface area (Å²) in [5.41, 5.74) is 4.82. The Morgan fingerprint density at radius 1 is 1.45 bits per heavy atom. The van der Waals surface area contributed by atoms with Crippen molar-refractivity contribution in [2.45, 2.75) is 33.1 Å². The molecule has 0 heterocycles. The lowest BCUT2D eigenvalue weighted by Gasteiger charge is -2.05. The molecule has 0 spiro atoms. The van der Waals surface area contributed by atoms with Crippen LogP contribution in [0, 0.1) is 5.92 Å². The van der Waals surface area contributed by atoms with Gasteiger partial charge in [-0.05, 0) is 6.42 Å². The van der Waals surface area contributed by atoms with Gasteiger partial charge in [-0.1, -0.05) is 26.7 Å². The van der Waals surface area contributed by atoms with Gasteiger partial charge >= 0.3 is 0 Å². The first-order chi connectivity index (χ1) is 5.09. The average Bonchev–Trinajstić information content (AvgIpc) is 1.98. The van der Waals surface area contributed by atoms with Crippen molar-refractivity contribution in [2.24, 2.45) is 11.7 Å². The molecule has 0 fully saturated rings. The van der Waals surface area contributed by atoms with Crippen LogP contribution in [0.4, 0.5) is 0 Å². The van der Waals surface area contributed by atoms with Gasteiger partial charge in [0.25, 0.3) is 5.91 Å². The van der Waals surface area contributed by atoms with Gasteiger partial charge in [0.05, 0.1) is 0 Å². The summed E-state index contributed by atoms with van der Waals surface area (Å²) in [6.45, 7) is 3.78. The highest BCUT2D eigenvalue weighted by atomic mass is 16.2. The Morgan fingerprint density at radius 3 is 2.36 bits per heavy atom. The molecule has 0 bridgehead atoms. The highest BCUT2D eigenvalue weighted by Crippen LogP contribution is 2.07. The van der Waals surface area contributed by atoms with Gasteiger partial charge in [-0.15, -0.1) is 0 Å². The quantitative estimate of drug-likeness (QED) is 0.602. The summed E-state index contributed by atoms with van der Waals surface area (Å²) in [6, 6.07) is 0. The number of primary amides is 1. The molecule has 0 aliphatic carbocycles. The summed E-state index contributed by atoms with van der Waals surface area (Å²) < 4.78 is 0. The molecule has 2 N–H and O–H groups in total. The van der Waals surface area contributed by atoms with Crippen LogP contribution < -0.4 is 5.73 Å². The van der Waals surface area contributed by atoms with Crippen molar-refractivity contribution >= 4 is 11.7 Å². The Labute approximate surface area is 67.0 Å². The summed E-state index contributed by atoms with van der Waals surface area (Å²) in [6.07, 6.45) is 2.77. The highest BCUT2D eigenvalue weighted by Gasteiger charge is 2.16. The zero-order valence-corrected chi connectivity index (χ0v) is 7.09. The maximum Gasteiger partial charge on any atom is 0.285 e. The molecule has 0 radical (unpaired) electrons. The minimum atomic E-state index is -0.811. The van der Waals surface area contributed by atoms with E-state index in [4.69, 9.17) is 5.73 Å². The third-order valence-electron chi connectivity index (χ3n) is 1.68. The molecule has 0 saturated heterocycles. The Hall–Kier alpha value is -0.860. The first-order valence-electron chi connectivity index (χ1n) is 3.93. The maximum atomic E-state index is 10.9. The lowest BCUT2D eigenvalue weighted by molar-refractivity contribution is -0.138. The minimum Gasteiger partial charge on any atom is -0.363 e. The second-order valence-corrected chi connectivity index (χ2v) is 2.77. The van der Waals surface area contributed by atoms with Gasteiger partial charge in [0.1, 0.15) is 0 Å². The topological polar surface area (TPSA) is 60.2 Å². The molecule has 0 saturated carbocycles. The molecule has 3 nitrogen and oxygen atoms in total. The molecule has 1 atom stereocenters. The fourth-order valence-corrected chi connectivity index (χ4v) is 0.884. The van der Waals surface area contributed by atoms with Crippen LogP contribution >= 0.6 is 0 Å². The number of hydrogen-bond donors (Lipinski definition) is 1. The van der Waals surface area contributed by atoms with Crippen LogP contribution in [0.25, 0.3) is 0 Å². The fraction of sp³-hybridized carbons (Fsp3) is 0.750. The van der Waals surface area contributed by atoms with Gasteiger partial charge in [0.15, 0.2) is 0 Å². The molecule has 0 aromatic carbocycles. The largest absolute Gasteiger partial charge is 0.363 e. The van der Waals surface area contributed by atoms with Gasteiger partial charge in [-0.25, -0.2) is 0 Å². The molecule has 64 valence electrons. The van der Waals surface area contributed by atoms with E-state index in [0.717, 1.165) is 19.3 Å². The number of amides is 1. The lowest BCUT2D eigenvalue weighted by Crippen LogP contribution is -2.28. The number of carbonyl (C=O) groups excluding carboxylic acids is 2. The van der Waals surface area contributed by atoms with Crippen molar-refractivity contribution in [3.63, 3.8) is 0 Å². The molecule has 0 aromatic heterocycles. The summed E-state index contributed by atoms with van der Waals surface area (Å²) in [7, 11) is 0. The van der Waals surface area contributed by atoms with Crippen molar-refractivity contribution in [1.29, 1.82) is 0 Å². The SMILES string of the molecule is CCCCC(C)C(=O)C(N)=O. The zero-order chi connectivity index (χ0) is 8.85. The van der Waals surface area contributed by atoms with Crippen molar-refractivity contribution in [1.82, 2.24) is 0 Å². The molecule has 0 rings (SSSR count). The van der Waals surface area contributed by atoms with Crippen molar-refractivity contribution in [3.05, 3.63) is 0 Å². The smallest absolute Gasteiger partial charge is 0.285 e. The van der Waals surface area contributed by atoms with E-state index in [9.17, 15) is 9.59 Å². The van der Waals surface area contributed by atoms with Crippen LogP contribution in [0.15, 0.2) is 0 Å². The number of nitrogens with two attached hydrogens (primary N) is 1. The van der Waals surface area contributed by atoms with Crippen LogP contribution in [0.3, 0.4) is 0 Å². The molecular weight excluding hydrogens is 142 g/mol. The molecule has 0 aliphatic rings. The number of unbranched alkanes of at least 4 members (excludes halogenated alkanes) is 1. The minimum absolute atomic E-state index is 0.201. The third kappa shape index (κ3) is 3.75. The van der Waals surface area contributed by atoms with Gasteiger partial charge in [-0.2, -0.15) is 0 Å². The van der Waals surface area contributed by atoms with Crippen LogP contribution in [-0.2, 0) is 9.59 Å². The monoisotopic (exact) mass is 157 g/mol.